The van der Waals surface area contributed by atoms with Gasteiger partial charge in [-0.25, -0.2) is 4.98 Å². The van der Waals surface area contributed by atoms with Gasteiger partial charge in [0.2, 0.25) is 0 Å². The Kier molecular flexibility index (Phi) is 4.10. The van der Waals surface area contributed by atoms with Crippen molar-refractivity contribution in [3.05, 3.63) is 40.7 Å². The van der Waals surface area contributed by atoms with Crippen molar-refractivity contribution in [1.82, 2.24) is 10.3 Å². The van der Waals surface area contributed by atoms with Gasteiger partial charge in [-0.05, 0) is 12.8 Å². The third-order valence-corrected chi connectivity index (χ3v) is 4.67. The second kappa shape index (κ2) is 6.17. The third-order valence-electron chi connectivity index (χ3n) is 3.82. The summed E-state index contributed by atoms with van der Waals surface area (Å²) in [5, 5.41) is 15.8. The van der Waals surface area contributed by atoms with Gasteiger partial charge >= 0.3 is 0 Å². The molecule has 1 heterocycles. The molecule has 4 heteroatoms. The van der Waals surface area contributed by atoms with Crippen LogP contribution in [0.25, 0.3) is 11.3 Å². The summed E-state index contributed by atoms with van der Waals surface area (Å²) in [4.78, 5) is 4.67. The molecule has 1 saturated carbocycles. The molecule has 2 atom stereocenters. The van der Waals surface area contributed by atoms with E-state index in [1.165, 1.54) is 0 Å². The van der Waals surface area contributed by atoms with E-state index in [1.807, 2.05) is 18.2 Å². The van der Waals surface area contributed by atoms with E-state index in [4.69, 9.17) is 5.26 Å². The maximum atomic E-state index is 9.08. The molecule has 0 bridgehead atoms. The van der Waals surface area contributed by atoms with Crippen LogP contribution in [-0.2, 0) is 6.54 Å². The lowest BCUT2D eigenvalue weighted by molar-refractivity contribution is 0.464. The minimum Gasteiger partial charge on any atom is -0.306 e. The van der Waals surface area contributed by atoms with E-state index in [-0.39, 0.29) is 5.92 Å². The Morgan fingerprint density at radius 2 is 2.15 bits per heavy atom. The molecule has 0 aliphatic heterocycles. The normalized spacial score (nSPS) is 21.8. The van der Waals surface area contributed by atoms with Crippen molar-refractivity contribution in [2.75, 3.05) is 0 Å². The standard InChI is InChI=1S/C16H17N3S/c17-9-13-7-4-8-14(13)18-10-16-19-15(11-20-16)12-5-2-1-3-6-12/h1-3,5-6,11,13-14,18H,4,7-8,10H2. The van der Waals surface area contributed by atoms with Crippen LogP contribution in [0.15, 0.2) is 35.7 Å². The average molecular weight is 283 g/mol. The molecule has 1 fully saturated rings. The topological polar surface area (TPSA) is 48.7 Å². The van der Waals surface area contributed by atoms with Gasteiger partial charge in [0.05, 0.1) is 17.7 Å². The molecule has 1 aromatic carbocycles. The van der Waals surface area contributed by atoms with Gasteiger partial charge in [-0.3, -0.25) is 0 Å². The summed E-state index contributed by atoms with van der Waals surface area (Å²) in [5.74, 6) is 0.170. The number of hydrogen-bond donors (Lipinski definition) is 1. The predicted molar refractivity (Wildman–Crippen MR) is 81.1 cm³/mol. The zero-order valence-corrected chi connectivity index (χ0v) is 12.1. The molecule has 2 aromatic rings. The molecule has 3 rings (SSSR count). The zero-order valence-electron chi connectivity index (χ0n) is 11.2. The Bertz CT molecular complexity index is 600. The van der Waals surface area contributed by atoms with Gasteiger partial charge < -0.3 is 5.32 Å². The van der Waals surface area contributed by atoms with Crippen molar-refractivity contribution in [2.45, 2.75) is 31.8 Å². The van der Waals surface area contributed by atoms with Crippen molar-refractivity contribution >= 4 is 11.3 Å². The van der Waals surface area contributed by atoms with E-state index in [0.717, 1.165) is 42.1 Å². The highest BCUT2D eigenvalue weighted by Crippen LogP contribution is 2.26. The van der Waals surface area contributed by atoms with Crippen LogP contribution >= 0.6 is 11.3 Å². The second-order valence-electron chi connectivity index (χ2n) is 5.15. The number of benzene rings is 1. The largest absolute Gasteiger partial charge is 0.306 e. The number of nitrogens with zero attached hydrogens (tertiary/aromatic N) is 2. The Balaban J connectivity index is 1.62. The van der Waals surface area contributed by atoms with Gasteiger partial charge in [0.1, 0.15) is 5.01 Å². The Hall–Kier alpha value is -1.70. The van der Waals surface area contributed by atoms with Gasteiger partial charge in [-0.1, -0.05) is 36.8 Å². The molecular weight excluding hydrogens is 266 g/mol. The van der Waals surface area contributed by atoms with Crippen molar-refractivity contribution in [3.63, 3.8) is 0 Å². The van der Waals surface area contributed by atoms with E-state index in [1.54, 1.807) is 11.3 Å². The highest BCUT2D eigenvalue weighted by Gasteiger charge is 2.26. The average Bonchev–Trinajstić information content (AvgIpc) is 3.15. The van der Waals surface area contributed by atoms with Crippen LogP contribution in [0.2, 0.25) is 0 Å². The Morgan fingerprint density at radius 1 is 1.30 bits per heavy atom. The van der Waals surface area contributed by atoms with Gasteiger partial charge in [0.25, 0.3) is 0 Å². The summed E-state index contributed by atoms with van der Waals surface area (Å²) in [5.41, 5.74) is 2.20. The fraction of sp³-hybridized carbons (Fsp3) is 0.375. The number of nitrogens with one attached hydrogen (secondary N) is 1. The molecule has 1 aromatic heterocycles. The Morgan fingerprint density at radius 3 is 2.95 bits per heavy atom. The number of aromatic nitrogens is 1. The molecular formula is C16H17N3S. The summed E-state index contributed by atoms with van der Waals surface area (Å²) in [6.45, 7) is 0.764. The van der Waals surface area contributed by atoms with Crippen molar-refractivity contribution in [2.24, 2.45) is 5.92 Å². The highest BCUT2D eigenvalue weighted by molar-refractivity contribution is 7.09. The third kappa shape index (κ3) is 2.90. The molecule has 1 aliphatic rings. The number of nitriles is 1. The first-order chi connectivity index (χ1) is 9.86. The van der Waals surface area contributed by atoms with Crippen molar-refractivity contribution < 1.29 is 0 Å². The first kappa shape index (κ1) is 13.3. The Labute approximate surface area is 123 Å². The predicted octanol–water partition coefficient (Wildman–Crippen LogP) is 3.59. The fourth-order valence-electron chi connectivity index (χ4n) is 2.71. The summed E-state index contributed by atoms with van der Waals surface area (Å²) in [7, 11) is 0. The lowest BCUT2D eigenvalue weighted by atomic mass is 10.1. The second-order valence-corrected chi connectivity index (χ2v) is 6.09. The zero-order chi connectivity index (χ0) is 13.8. The molecule has 20 heavy (non-hydrogen) atoms. The molecule has 0 saturated heterocycles. The van der Waals surface area contributed by atoms with Crippen LogP contribution in [-0.4, -0.2) is 11.0 Å². The maximum absolute atomic E-state index is 9.08. The van der Waals surface area contributed by atoms with Crippen LogP contribution in [0.3, 0.4) is 0 Å². The summed E-state index contributed by atoms with van der Waals surface area (Å²) < 4.78 is 0. The molecule has 0 spiro atoms. The minimum absolute atomic E-state index is 0.170. The SMILES string of the molecule is N#CC1CCCC1NCc1nc(-c2ccccc2)cs1. The summed E-state index contributed by atoms with van der Waals surface area (Å²) in [6.07, 6.45) is 3.29. The van der Waals surface area contributed by atoms with Gasteiger partial charge in [0, 0.05) is 23.5 Å². The molecule has 0 amide bonds. The van der Waals surface area contributed by atoms with E-state index in [0.29, 0.717) is 6.04 Å². The first-order valence-electron chi connectivity index (χ1n) is 6.99. The summed E-state index contributed by atoms with van der Waals surface area (Å²) in [6, 6.07) is 13.0. The van der Waals surface area contributed by atoms with E-state index in [9.17, 15) is 0 Å². The highest BCUT2D eigenvalue weighted by atomic mass is 32.1. The quantitative estimate of drug-likeness (QED) is 0.932. The lowest BCUT2D eigenvalue weighted by Gasteiger charge is -2.14. The van der Waals surface area contributed by atoms with E-state index in [2.05, 4.69) is 33.9 Å². The van der Waals surface area contributed by atoms with Gasteiger partial charge in [-0.15, -0.1) is 11.3 Å². The van der Waals surface area contributed by atoms with Crippen LogP contribution in [0.1, 0.15) is 24.3 Å². The van der Waals surface area contributed by atoms with Crippen LogP contribution in [0.5, 0.6) is 0 Å². The molecule has 1 aliphatic carbocycles. The van der Waals surface area contributed by atoms with Gasteiger partial charge in [-0.2, -0.15) is 5.26 Å². The molecule has 1 N–H and O–H groups in total. The smallest absolute Gasteiger partial charge is 0.107 e. The fourth-order valence-corrected chi connectivity index (χ4v) is 3.47. The molecule has 3 nitrogen and oxygen atoms in total. The lowest BCUT2D eigenvalue weighted by Crippen LogP contribution is -2.31. The number of thiazole rings is 1. The monoisotopic (exact) mass is 283 g/mol. The maximum Gasteiger partial charge on any atom is 0.107 e. The summed E-state index contributed by atoms with van der Waals surface area (Å²) >= 11 is 1.68. The number of hydrogen-bond acceptors (Lipinski definition) is 4. The first-order valence-corrected chi connectivity index (χ1v) is 7.87. The van der Waals surface area contributed by atoms with Crippen LogP contribution in [0, 0.1) is 17.2 Å². The minimum atomic E-state index is 0.170. The van der Waals surface area contributed by atoms with E-state index >= 15 is 0 Å². The van der Waals surface area contributed by atoms with Crippen molar-refractivity contribution in [1.29, 1.82) is 5.26 Å². The molecule has 102 valence electrons. The number of rotatable bonds is 4. The van der Waals surface area contributed by atoms with Crippen molar-refractivity contribution in [3.8, 4) is 17.3 Å². The van der Waals surface area contributed by atoms with E-state index < -0.39 is 0 Å². The molecule has 2 unspecified atom stereocenters. The molecule has 0 radical (unpaired) electrons. The van der Waals surface area contributed by atoms with Crippen LogP contribution in [0.4, 0.5) is 0 Å². The van der Waals surface area contributed by atoms with Gasteiger partial charge in [0.15, 0.2) is 0 Å². The van der Waals surface area contributed by atoms with Crippen LogP contribution < -0.4 is 5.32 Å².